The first-order valence-corrected chi connectivity index (χ1v) is 9.22. The molecule has 144 valence electrons. The second kappa shape index (κ2) is 7.51. The van der Waals surface area contributed by atoms with Gasteiger partial charge in [0.1, 0.15) is 22.8 Å². The lowest BCUT2D eigenvalue weighted by atomic mass is 9.89. The lowest BCUT2D eigenvalue weighted by Gasteiger charge is -2.38. The van der Waals surface area contributed by atoms with Gasteiger partial charge in [-0.3, -0.25) is 4.79 Å². The number of rotatable bonds is 5. The number of amides is 1. The number of benzene rings is 2. The minimum Gasteiger partial charge on any atom is -0.497 e. The van der Waals surface area contributed by atoms with Crippen molar-refractivity contribution in [1.82, 2.24) is 5.32 Å². The molecule has 2 aromatic carbocycles. The molecule has 1 unspecified atom stereocenters. The standard InChI is InChI=1S/C22H27NO4/c1-14(2)26-16-8-6-15(7-9-16)21(24)23-19-13-22(3,4)27-20-12-17(25-5)10-11-18(19)20/h6-12,14,19H,13H2,1-5H3,(H,23,24). The van der Waals surface area contributed by atoms with Crippen molar-refractivity contribution in [2.24, 2.45) is 0 Å². The summed E-state index contributed by atoms with van der Waals surface area (Å²) in [6.45, 7) is 7.99. The number of methoxy groups -OCH3 is 1. The van der Waals surface area contributed by atoms with E-state index >= 15 is 0 Å². The molecule has 5 nitrogen and oxygen atoms in total. The third-order valence-electron chi connectivity index (χ3n) is 4.47. The maximum atomic E-state index is 12.8. The molecule has 1 atom stereocenters. The Hall–Kier alpha value is -2.69. The molecule has 5 heteroatoms. The van der Waals surface area contributed by atoms with Gasteiger partial charge in [0, 0.05) is 23.6 Å². The zero-order valence-corrected chi connectivity index (χ0v) is 16.5. The van der Waals surface area contributed by atoms with Gasteiger partial charge in [0.15, 0.2) is 0 Å². The molecule has 0 bridgehead atoms. The van der Waals surface area contributed by atoms with Gasteiger partial charge in [-0.2, -0.15) is 0 Å². The number of nitrogens with one attached hydrogen (secondary N) is 1. The molecular formula is C22H27NO4. The van der Waals surface area contributed by atoms with E-state index in [-0.39, 0.29) is 23.7 Å². The van der Waals surface area contributed by atoms with Crippen LogP contribution in [0.4, 0.5) is 0 Å². The molecule has 0 fully saturated rings. The van der Waals surface area contributed by atoms with Crippen LogP contribution >= 0.6 is 0 Å². The summed E-state index contributed by atoms with van der Waals surface area (Å²) in [7, 11) is 1.63. The molecular weight excluding hydrogens is 342 g/mol. The van der Waals surface area contributed by atoms with Gasteiger partial charge in [0.2, 0.25) is 0 Å². The Morgan fingerprint density at radius 1 is 1.15 bits per heavy atom. The summed E-state index contributed by atoms with van der Waals surface area (Å²) >= 11 is 0. The molecule has 0 spiro atoms. The molecule has 0 radical (unpaired) electrons. The minimum atomic E-state index is -0.383. The van der Waals surface area contributed by atoms with Crippen LogP contribution in [-0.4, -0.2) is 24.7 Å². The number of ether oxygens (including phenoxy) is 3. The smallest absolute Gasteiger partial charge is 0.251 e. The van der Waals surface area contributed by atoms with Crippen molar-refractivity contribution in [2.45, 2.75) is 51.9 Å². The van der Waals surface area contributed by atoms with E-state index in [0.29, 0.717) is 12.0 Å². The van der Waals surface area contributed by atoms with Gasteiger partial charge < -0.3 is 19.5 Å². The van der Waals surface area contributed by atoms with Crippen molar-refractivity contribution in [3.8, 4) is 17.2 Å². The molecule has 0 aliphatic carbocycles. The van der Waals surface area contributed by atoms with Crippen LogP contribution in [0.25, 0.3) is 0 Å². The Kier molecular flexibility index (Phi) is 5.31. The van der Waals surface area contributed by atoms with E-state index in [9.17, 15) is 4.79 Å². The van der Waals surface area contributed by atoms with Gasteiger partial charge in [-0.05, 0) is 64.1 Å². The molecule has 1 amide bonds. The van der Waals surface area contributed by atoms with E-state index in [0.717, 1.165) is 22.8 Å². The lowest BCUT2D eigenvalue weighted by Crippen LogP contribution is -2.41. The summed E-state index contributed by atoms with van der Waals surface area (Å²) < 4.78 is 17.0. The number of carbonyl (C=O) groups is 1. The van der Waals surface area contributed by atoms with Crippen LogP contribution < -0.4 is 19.5 Å². The van der Waals surface area contributed by atoms with Crippen LogP contribution in [-0.2, 0) is 0 Å². The summed E-state index contributed by atoms with van der Waals surface area (Å²) in [6, 6.07) is 12.8. The third kappa shape index (κ3) is 4.54. The van der Waals surface area contributed by atoms with E-state index < -0.39 is 0 Å². The molecule has 27 heavy (non-hydrogen) atoms. The molecule has 2 aromatic rings. The van der Waals surface area contributed by atoms with Gasteiger partial charge in [-0.1, -0.05) is 0 Å². The Labute approximate surface area is 160 Å². The normalized spacial score (nSPS) is 17.6. The van der Waals surface area contributed by atoms with Gasteiger partial charge in [-0.25, -0.2) is 0 Å². The number of carbonyl (C=O) groups excluding carboxylic acids is 1. The van der Waals surface area contributed by atoms with Crippen molar-refractivity contribution >= 4 is 5.91 Å². The van der Waals surface area contributed by atoms with E-state index in [1.54, 1.807) is 19.2 Å². The highest BCUT2D eigenvalue weighted by molar-refractivity contribution is 5.94. The van der Waals surface area contributed by atoms with Crippen molar-refractivity contribution in [3.63, 3.8) is 0 Å². The molecule has 0 aromatic heterocycles. The van der Waals surface area contributed by atoms with Gasteiger partial charge in [0.05, 0.1) is 19.3 Å². The molecule has 1 aliphatic rings. The zero-order chi connectivity index (χ0) is 19.6. The first kappa shape index (κ1) is 19.1. The van der Waals surface area contributed by atoms with Crippen LogP contribution in [0, 0.1) is 0 Å². The summed E-state index contributed by atoms with van der Waals surface area (Å²) in [6.07, 6.45) is 0.787. The Balaban J connectivity index is 1.79. The fourth-order valence-corrected chi connectivity index (χ4v) is 3.29. The average Bonchev–Trinajstić information content (AvgIpc) is 2.60. The second-order valence-electron chi connectivity index (χ2n) is 7.69. The highest BCUT2D eigenvalue weighted by Gasteiger charge is 2.35. The summed E-state index contributed by atoms with van der Waals surface area (Å²) in [5, 5.41) is 3.14. The van der Waals surface area contributed by atoms with Crippen LogP contribution in [0.1, 0.15) is 56.1 Å². The lowest BCUT2D eigenvalue weighted by molar-refractivity contribution is 0.0617. The van der Waals surface area contributed by atoms with Crippen molar-refractivity contribution in [1.29, 1.82) is 0 Å². The van der Waals surface area contributed by atoms with E-state index in [4.69, 9.17) is 14.2 Å². The van der Waals surface area contributed by atoms with Crippen LogP contribution in [0.3, 0.4) is 0 Å². The molecule has 0 saturated carbocycles. The average molecular weight is 369 g/mol. The van der Waals surface area contributed by atoms with E-state index in [2.05, 4.69) is 5.32 Å². The van der Waals surface area contributed by atoms with Gasteiger partial charge in [-0.15, -0.1) is 0 Å². The van der Waals surface area contributed by atoms with Crippen molar-refractivity contribution < 1.29 is 19.0 Å². The maximum absolute atomic E-state index is 12.8. The Bertz CT molecular complexity index is 812. The van der Waals surface area contributed by atoms with Crippen LogP contribution in [0.15, 0.2) is 42.5 Å². The predicted molar refractivity (Wildman–Crippen MR) is 105 cm³/mol. The third-order valence-corrected chi connectivity index (χ3v) is 4.47. The van der Waals surface area contributed by atoms with E-state index in [1.165, 1.54) is 0 Å². The van der Waals surface area contributed by atoms with E-state index in [1.807, 2.05) is 58.0 Å². The largest absolute Gasteiger partial charge is 0.497 e. The number of hydrogen-bond acceptors (Lipinski definition) is 4. The monoisotopic (exact) mass is 369 g/mol. The maximum Gasteiger partial charge on any atom is 0.251 e. The van der Waals surface area contributed by atoms with Crippen molar-refractivity contribution in [3.05, 3.63) is 53.6 Å². The minimum absolute atomic E-state index is 0.0997. The highest BCUT2D eigenvalue weighted by atomic mass is 16.5. The predicted octanol–water partition coefficient (Wildman–Crippen LogP) is 4.51. The summed E-state index contributed by atoms with van der Waals surface area (Å²) in [5.41, 5.74) is 1.18. The summed E-state index contributed by atoms with van der Waals surface area (Å²) in [4.78, 5) is 12.8. The highest BCUT2D eigenvalue weighted by Crippen LogP contribution is 2.41. The first-order valence-electron chi connectivity index (χ1n) is 9.22. The Morgan fingerprint density at radius 2 is 1.81 bits per heavy atom. The fourth-order valence-electron chi connectivity index (χ4n) is 3.29. The zero-order valence-electron chi connectivity index (χ0n) is 16.5. The molecule has 1 N–H and O–H groups in total. The first-order chi connectivity index (χ1) is 12.8. The van der Waals surface area contributed by atoms with Crippen LogP contribution in [0.2, 0.25) is 0 Å². The molecule has 0 saturated heterocycles. The SMILES string of the molecule is COc1ccc2c(c1)OC(C)(C)CC2NC(=O)c1ccc(OC(C)C)cc1. The summed E-state index contributed by atoms with van der Waals surface area (Å²) in [5.74, 6) is 2.12. The number of hydrogen-bond donors (Lipinski definition) is 1. The molecule has 1 heterocycles. The fraction of sp³-hybridized carbons (Fsp3) is 0.409. The Morgan fingerprint density at radius 3 is 2.44 bits per heavy atom. The number of fused-ring (bicyclic) bond motifs is 1. The second-order valence-corrected chi connectivity index (χ2v) is 7.69. The molecule has 1 aliphatic heterocycles. The molecule has 3 rings (SSSR count). The van der Waals surface area contributed by atoms with Gasteiger partial charge >= 0.3 is 0 Å². The van der Waals surface area contributed by atoms with Gasteiger partial charge in [0.25, 0.3) is 5.91 Å². The topological polar surface area (TPSA) is 56.8 Å². The quantitative estimate of drug-likeness (QED) is 0.842. The van der Waals surface area contributed by atoms with Crippen molar-refractivity contribution in [2.75, 3.05) is 7.11 Å². The van der Waals surface area contributed by atoms with Crippen LogP contribution in [0.5, 0.6) is 17.2 Å².